The van der Waals surface area contributed by atoms with E-state index in [2.05, 4.69) is 26.0 Å². The number of nitrogens with two attached hydrogens (primary N) is 1. The number of aliphatic hydroxyl groups is 1. The first-order valence-corrected chi connectivity index (χ1v) is 7.02. The Balaban J connectivity index is 2.55. The van der Waals surface area contributed by atoms with Crippen LogP contribution in [0.2, 0.25) is 0 Å². The zero-order chi connectivity index (χ0) is 14.1. The maximum absolute atomic E-state index is 9.49. The molecule has 3 heteroatoms. The van der Waals surface area contributed by atoms with Gasteiger partial charge in [0, 0.05) is 17.6 Å². The second-order valence-corrected chi connectivity index (χ2v) is 6.15. The van der Waals surface area contributed by atoms with E-state index in [0.717, 1.165) is 31.4 Å². The highest BCUT2D eigenvalue weighted by molar-refractivity contribution is 5.44. The minimum Gasteiger partial charge on any atom is -0.497 e. The number of methoxy groups -OCH3 is 1. The molecular weight excluding hydrogens is 238 g/mol. The fourth-order valence-electron chi connectivity index (χ4n) is 3.53. The second-order valence-electron chi connectivity index (χ2n) is 6.15. The highest BCUT2D eigenvalue weighted by Gasteiger charge is 2.45. The van der Waals surface area contributed by atoms with Crippen LogP contribution in [0.5, 0.6) is 5.75 Å². The van der Waals surface area contributed by atoms with Gasteiger partial charge in [0.05, 0.1) is 7.11 Å². The molecule has 0 saturated heterocycles. The van der Waals surface area contributed by atoms with E-state index in [1.165, 1.54) is 11.1 Å². The van der Waals surface area contributed by atoms with Crippen molar-refractivity contribution in [2.75, 3.05) is 13.7 Å². The van der Waals surface area contributed by atoms with Gasteiger partial charge in [-0.1, -0.05) is 6.07 Å². The van der Waals surface area contributed by atoms with Crippen LogP contribution in [0.15, 0.2) is 18.2 Å². The third-order valence-electron chi connectivity index (χ3n) is 4.65. The van der Waals surface area contributed by atoms with Crippen molar-refractivity contribution in [2.24, 2.45) is 5.73 Å². The van der Waals surface area contributed by atoms with Crippen molar-refractivity contribution >= 4 is 0 Å². The van der Waals surface area contributed by atoms with Crippen LogP contribution in [-0.2, 0) is 11.8 Å². The van der Waals surface area contributed by atoms with Crippen LogP contribution in [0, 0.1) is 0 Å². The van der Waals surface area contributed by atoms with Crippen molar-refractivity contribution in [3.8, 4) is 5.75 Å². The third kappa shape index (κ3) is 2.37. The molecule has 1 unspecified atom stereocenters. The molecule has 3 N–H and O–H groups in total. The van der Waals surface area contributed by atoms with E-state index in [4.69, 9.17) is 10.5 Å². The van der Waals surface area contributed by atoms with Gasteiger partial charge in [-0.05, 0) is 62.8 Å². The second kappa shape index (κ2) is 5.14. The largest absolute Gasteiger partial charge is 0.497 e. The van der Waals surface area contributed by atoms with Gasteiger partial charge in [0.25, 0.3) is 0 Å². The molecule has 0 spiro atoms. The fraction of sp³-hybridized carbons (Fsp3) is 0.625. The summed E-state index contributed by atoms with van der Waals surface area (Å²) in [6, 6.07) is 6.26. The summed E-state index contributed by atoms with van der Waals surface area (Å²) in [4.78, 5) is 0. The lowest BCUT2D eigenvalue weighted by molar-refractivity contribution is 0.155. The molecule has 0 heterocycles. The van der Waals surface area contributed by atoms with E-state index < -0.39 is 0 Å². The van der Waals surface area contributed by atoms with Crippen molar-refractivity contribution in [1.29, 1.82) is 0 Å². The zero-order valence-corrected chi connectivity index (χ0v) is 12.2. The Hall–Kier alpha value is -1.06. The molecule has 106 valence electrons. The highest BCUT2D eigenvalue weighted by Crippen LogP contribution is 2.46. The Labute approximate surface area is 115 Å². The number of hydrogen-bond acceptors (Lipinski definition) is 3. The summed E-state index contributed by atoms with van der Waals surface area (Å²) in [6.45, 7) is 4.32. The minimum atomic E-state index is -0.348. The summed E-state index contributed by atoms with van der Waals surface area (Å²) in [7, 11) is 1.69. The van der Waals surface area contributed by atoms with Crippen molar-refractivity contribution in [3.63, 3.8) is 0 Å². The quantitative estimate of drug-likeness (QED) is 0.877. The summed E-state index contributed by atoms with van der Waals surface area (Å²) >= 11 is 0. The molecule has 1 aliphatic rings. The van der Waals surface area contributed by atoms with Gasteiger partial charge in [-0.3, -0.25) is 0 Å². The van der Waals surface area contributed by atoms with Crippen LogP contribution in [0.25, 0.3) is 0 Å². The molecule has 0 bridgehead atoms. The molecular formula is C16H25NO2. The molecule has 1 aromatic rings. The Morgan fingerprint density at radius 1 is 1.42 bits per heavy atom. The standard InChI is InChI=1S/C16H25NO2/c1-15(2,17)16(9-10-18)8-4-5-12-11-13(19-3)6-7-14(12)16/h6-7,11,18H,4-5,8-10,17H2,1-3H3. The predicted octanol–water partition coefficient (Wildman–Crippen LogP) is 2.39. The Morgan fingerprint density at radius 2 is 2.16 bits per heavy atom. The van der Waals surface area contributed by atoms with Crippen molar-refractivity contribution < 1.29 is 9.84 Å². The number of aliphatic hydroxyl groups excluding tert-OH is 1. The third-order valence-corrected chi connectivity index (χ3v) is 4.65. The van der Waals surface area contributed by atoms with Crippen molar-refractivity contribution in [3.05, 3.63) is 29.3 Å². The lowest BCUT2D eigenvalue weighted by Gasteiger charge is -2.48. The number of hydrogen-bond donors (Lipinski definition) is 2. The van der Waals surface area contributed by atoms with Gasteiger partial charge < -0.3 is 15.6 Å². The van der Waals surface area contributed by atoms with Crippen LogP contribution in [0.1, 0.15) is 44.2 Å². The average molecular weight is 263 g/mol. The van der Waals surface area contributed by atoms with Crippen LogP contribution in [0.3, 0.4) is 0 Å². The van der Waals surface area contributed by atoms with E-state index in [0.29, 0.717) is 0 Å². The SMILES string of the molecule is COc1ccc2c(c1)CCCC2(CCO)C(C)(C)N. The maximum Gasteiger partial charge on any atom is 0.119 e. The zero-order valence-electron chi connectivity index (χ0n) is 12.2. The summed E-state index contributed by atoms with van der Waals surface area (Å²) in [5.41, 5.74) is 8.60. The van der Waals surface area contributed by atoms with Crippen LogP contribution >= 0.6 is 0 Å². The average Bonchev–Trinajstić information content (AvgIpc) is 2.37. The maximum atomic E-state index is 9.49. The van der Waals surface area contributed by atoms with Gasteiger partial charge in [0.2, 0.25) is 0 Å². The number of ether oxygens (including phenoxy) is 1. The summed E-state index contributed by atoms with van der Waals surface area (Å²) in [6.07, 6.45) is 3.93. The lowest BCUT2D eigenvalue weighted by Crippen LogP contribution is -2.56. The van der Waals surface area contributed by atoms with Gasteiger partial charge in [-0.2, -0.15) is 0 Å². The minimum absolute atomic E-state index is 0.137. The van der Waals surface area contributed by atoms with E-state index >= 15 is 0 Å². The molecule has 0 aliphatic heterocycles. The van der Waals surface area contributed by atoms with Gasteiger partial charge in [0.15, 0.2) is 0 Å². The molecule has 0 amide bonds. The summed E-state index contributed by atoms with van der Waals surface area (Å²) < 4.78 is 5.31. The molecule has 3 nitrogen and oxygen atoms in total. The number of fused-ring (bicyclic) bond motifs is 1. The van der Waals surface area contributed by atoms with Gasteiger partial charge in [0.1, 0.15) is 5.75 Å². The first-order valence-electron chi connectivity index (χ1n) is 7.02. The molecule has 1 atom stereocenters. The van der Waals surface area contributed by atoms with E-state index in [9.17, 15) is 5.11 Å². The van der Waals surface area contributed by atoms with E-state index in [1.54, 1.807) is 7.11 Å². The lowest BCUT2D eigenvalue weighted by atomic mass is 9.59. The fourth-order valence-corrected chi connectivity index (χ4v) is 3.53. The van der Waals surface area contributed by atoms with E-state index in [1.807, 2.05) is 6.07 Å². The molecule has 19 heavy (non-hydrogen) atoms. The topological polar surface area (TPSA) is 55.5 Å². The normalized spacial score (nSPS) is 23.0. The highest BCUT2D eigenvalue weighted by atomic mass is 16.5. The van der Waals surface area contributed by atoms with Crippen molar-refractivity contribution in [1.82, 2.24) is 0 Å². The smallest absolute Gasteiger partial charge is 0.119 e. The molecule has 0 aromatic heterocycles. The Kier molecular flexibility index (Phi) is 3.88. The van der Waals surface area contributed by atoms with Gasteiger partial charge in [-0.15, -0.1) is 0 Å². The first kappa shape index (κ1) is 14.4. The Bertz CT molecular complexity index is 451. The molecule has 2 rings (SSSR count). The van der Waals surface area contributed by atoms with Crippen LogP contribution in [0.4, 0.5) is 0 Å². The molecule has 0 fully saturated rings. The summed E-state index contributed by atoms with van der Waals surface area (Å²) in [5.74, 6) is 0.897. The van der Waals surface area contributed by atoms with Gasteiger partial charge in [-0.25, -0.2) is 0 Å². The Morgan fingerprint density at radius 3 is 2.74 bits per heavy atom. The molecule has 1 aromatic carbocycles. The van der Waals surface area contributed by atoms with Crippen LogP contribution < -0.4 is 10.5 Å². The van der Waals surface area contributed by atoms with E-state index in [-0.39, 0.29) is 17.6 Å². The molecule has 0 saturated carbocycles. The summed E-state index contributed by atoms with van der Waals surface area (Å²) in [5, 5.41) is 9.49. The molecule has 1 aliphatic carbocycles. The number of benzene rings is 1. The van der Waals surface area contributed by atoms with Gasteiger partial charge >= 0.3 is 0 Å². The van der Waals surface area contributed by atoms with Crippen molar-refractivity contribution in [2.45, 2.75) is 50.5 Å². The molecule has 0 radical (unpaired) electrons. The number of rotatable bonds is 4. The first-order chi connectivity index (χ1) is 8.94. The monoisotopic (exact) mass is 263 g/mol. The number of aryl methyl sites for hydroxylation is 1. The van der Waals surface area contributed by atoms with Crippen LogP contribution in [-0.4, -0.2) is 24.4 Å². The predicted molar refractivity (Wildman–Crippen MR) is 77.6 cm³/mol.